The van der Waals surface area contributed by atoms with Crippen LogP contribution in [0.1, 0.15) is 5.56 Å². The zero-order valence-corrected chi connectivity index (χ0v) is 21.8. The Morgan fingerprint density at radius 1 is 0.375 bits per heavy atom. The van der Waals surface area contributed by atoms with E-state index in [9.17, 15) is 0 Å². The van der Waals surface area contributed by atoms with E-state index in [2.05, 4.69) is 30.7 Å². The minimum atomic E-state index is 0.719. The Bertz CT molecular complexity index is 1910. The van der Waals surface area contributed by atoms with Gasteiger partial charge in [-0.3, -0.25) is 0 Å². The zero-order chi connectivity index (χ0) is 27.3. The molecule has 0 unspecified atom stereocenters. The topological polar surface area (TPSA) is 100 Å². The van der Waals surface area contributed by atoms with E-state index < -0.39 is 0 Å². The van der Waals surface area contributed by atoms with Gasteiger partial charge in [0.2, 0.25) is 0 Å². The molecule has 0 spiro atoms. The van der Waals surface area contributed by atoms with E-state index in [4.69, 9.17) is 5.73 Å². The molecule has 2 N–H and O–H groups in total. The number of hydrogen-bond acceptors (Lipinski definition) is 7. The van der Waals surface area contributed by atoms with Gasteiger partial charge in [0.15, 0.2) is 0 Å². The average Bonchev–Trinajstić information content (AvgIpc) is 3.00. The summed E-state index contributed by atoms with van der Waals surface area (Å²) in [4.78, 5) is 0. The van der Waals surface area contributed by atoms with Gasteiger partial charge in [-0.05, 0) is 67.6 Å². The van der Waals surface area contributed by atoms with Gasteiger partial charge in [-0.2, -0.15) is 15.3 Å². The summed E-state index contributed by atoms with van der Waals surface area (Å²) in [7, 11) is 0. The summed E-state index contributed by atoms with van der Waals surface area (Å²) < 4.78 is 0. The van der Waals surface area contributed by atoms with Crippen molar-refractivity contribution >= 4 is 61.4 Å². The molecule has 40 heavy (non-hydrogen) atoms. The molecule has 6 aromatic carbocycles. The highest BCUT2D eigenvalue weighted by Crippen LogP contribution is 2.37. The van der Waals surface area contributed by atoms with Crippen LogP contribution in [0.15, 0.2) is 152 Å². The van der Waals surface area contributed by atoms with Gasteiger partial charge in [-0.1, -0.05) is 66.2 Å². The fourth-order valence-corrected chi connectivity index (χ4v) is 4.37. The minimum absolute atomic E-state index is 0.719. The number of hydrogen-bond donors (Lipinski definition) is 1. The van der Waals surface area contributed by atoms with Gasteiger partial charge in [0, 0.05) is 27.2 Å². The molecule has 0 aliphatic carbocycles. The Morgan fingerprint density at radius 2 is 0.725 bits per heavy atom. The first-order valence-electron chi connectivity index (χ1n) is 12.8. The standard InChI is InChI=1S/C33H25N7/c1-22-10-12-23(13-11-22)35-36-24-14-16-25(17-15-24)37-38-32-20-21-33(29-9-5-4-8-28(29)32)40-39-31-19-18-30(34)26-6-2-3-7-27(26)31/h2-21H,34H2,1H3. The molecule has 6 rings (SSSR count). The highest BCUT2D eigenvalue weighted by atomic mass is 15.1. The van der Waals surface area contributed by atoms with Crippen LogP contribution in [0.5, 0.6) is 0 Å². The molecule has 0 aromatic heterocycles. The van der Waals surface area contributed by atoms with Crippen LogP contribution in [0, 0.1) is 6.92 Å². The van der Waals surface area contributed by atoms with Crippen molar-refractivity contribution < 1.29 is 0 Å². The number of fused-ring (bicyclic) bond motifs is 2. The highest BCUT2D eigenvalue weighted by molar-refractivity contribution is 6.01. The normalized spacial score (nSPS) is 11.9. The zero-order valence-electron chi connectivity index (χ0n) is 21.8. The van der Waals surface area contributed by atoms with Crippen molar-refractivity contribution in [1.82, 2.24) is 0 Å². The van der Waals surface area contributed by atoms with Crippen LogP contribution in [0.3, 0.4) is 0 Å². The molecule has 0 heterocycles. The Balaban J connectivity index is 1.24. The van der Waals surface area contributed by atoms with Crippen molar-refractivity contribution in [2.24, 2.45) is 30.7 Å². The van der Waals surface area contributed by atoms with Crippen LogP contribution in [0.4, 0.5) is 39.8 Å². The van der Waals surface area contributed by atoms with Gasteiger partial charge in [-0.25, -0.2) is 0 Å². The first kappa shape index (κ1) is 24.8. The van der Waals surface area contributed by atoms with Crippen LogP contribution in [0.2, 0.25) is 0 Å². The molecule has 0 radical (unpaired) electrons. The van der Waals surface area contributed by atoms with E-state index >= 15 is 0 Å². The van der Waals surface area contributed by atoms with E-state index in [1.54, 1.807) is 0 Å². The second-order valence-corrected chi connectivity index (χ2v) is 9.32. The van der Waals surface area contributed by atoms with Crippen molar-refractivity contribution in [3.63, 3.8) is 0 Å². The van der Waals surface area contributed by atoms with E-state index in [0.717, 1.165) is 61.4 Å². The average molecular weight is 520 g/mol. The molecule has 0 aliphatic heterocycles. The van der Waals surface area contributed by atoms with E-state index in [-0.39, 0.29) is 0 Å². The number of anilines is 1. The summed E-state index contributed by atoms with van der Waals surface area (Å²) in [6.07, 6.45) is 0. The van der Waals surface area contributed by atoms with Gasteiger partial charge < -0.3 is 5.73 Å². The minimum Gasteiger partial charge on any atom is -0.398 e. The maximum atomic E-state index is 6.14. The lowest BCUT2D eigenvalue weighted by Crippen LogP contribution is -1.86. The predicted molar refractivity (Wildman–Crippen MR) is 162 cm³/mol. The fourth-order valence-electron chi connectivity index (χ4n) is 4.37. The van der Waals surface area contributed by atoms with Gasteiger partial charge >= 0.3 is 0 Å². The third-order valence-corrected chi connectivity index (χ3v) is 6.52. The molecule has 0 saturated carbocycles. The lowest BCUT2D eigenvalue weighted by atomic mass is 10.1. The van der Waals surface area contributed by atoms with E-state index in [1.165, 1.54) is 5.56 Å². The van der Waals surface area contributed by atoms with Crippen molar-refractivity contribution in [2.45, 2.75) is 6.92 Å². The number of aryl methyl sites for hydroxylation is 1. The molecule has 7 heteroatoms. The molecule has 0 bridgehead atoms. The molecule has 6 aromatic rings. The molecular weight excluding hydrogens is 494 g/mol. The maximum absolute atomic E-state index is 6.14. The highest BCUT2D eigenvalue weighted by Gasteiger charge is 2.07. The number of nitrogens with zero attached hydrogens (tertiary/aromatic N) is 6. The SMILES string of the molecule is Cc1ccc(N=Nc2ccc(N=Nc3ccc(N=Nc4ccc(N)c5ccccc45)c4ccccc34)cc2)cc1. The van der Waals surface area contributed by atoms with Crippen LogP contribution in [0.25, 0.3) is 21.5 Å². The summed E-state index contributed by atoms with van der Waals surface area (Å²) in [6, 6.07) is 38.9. The van der Waals surface area contributed by atoms with E-state index in [0.29, 0.717) is 0 Å². The lowest BCUT2D eigenvalue weighted by molar-refractivity contribution is 1.21. The van der Waals surface area contributed by atoms with Crippen molar-refractivity contribution in [1.29, 1.82) is 0 Å². The third-order valence-electron chi connectivity index (χ3n) is 6.52. The Morgan fingerprint density at radius 3 is 1.23 bits per heavy atom. The predicted octanol–water partition coefficient (Wildman–Crippen LogP) is 11.1. The smallest absolute Gasteiger partial charge is 0.0936 e. The number of nitrogens with two attached hydrogens (primary N) is 1. The van der Waals surface area contributed by atoms with Crippen LogP contribution in [-0.4, -0.2) is 0 Å². The van der Waals surface area contributed by atoms with Crippen molar-refractivity contribution in [3.8, 4) is 0 Å². The summed E-state index contributed by atoms with van der Waals surface area (Å²) in [5.41, 5.74) is 12.6. The molecule has 0 atom stereocenters. The van der Waals surface area contributed by atoms with Crippen molar-refractivity contribution in [2.75, 3.05) is 5.73 Å². The van der Waals surface area contributed by atoms with Gasteiger partial charge in [0.1, 0.15) is 0 Å². The monoisotopic (exact) mass is 519 g/mol. The largest absolute Gasteiger partial charge is 0.398 e. The van der Waals surface area contributed by atoms with Gasteiger partial charge in [-0.15, -0.1) is 15.3 Å². The van der Waals surface area contributed by atoms with Crippen LogP contribution in [-0.2, 0) is 0 Å². The Labute approximate surface area is 231 Å². The molecule has 0 aliphatic rings. The second-order valence-electron chi connectivity index (χ2n) is 9.32. The first-order chi connectivity index (χ1) is 19.6. The first-order valence-corrected chi connectivity index (χ1v) is 12.8. The summed E-state index contributed by atoms with van der Waals surface area (Å²) >= 11 is 0. The Kier molecular flexibility index (Phi) is 6.84. The van der Waals surface area contributed by atoms with Crippen LogP contribution >= 0.6 is 0 Å². The lowest BCUT2D eigenvalue weighted by Gasteiger charge is -2.06. The third kappa shape index (κ3) is 5.35. The fraction of sp³-hybridized carbons (Fsp3) is 0.0303. The van der Waals surface area contributed by atoms with Gasteiger partial charge in [0.05, 0.1) is 34.1 Å². The summed E-state index contributed by atoms with van der Waals surface area (Å²) in [5.74, 6) is 0. The molecule has 192 valence electrons. The Hall–Kier alpha value is -5.56. The maximum Gasteiger partial charge on any atom is 0.0936 e. The van der Waals surface area contributed by atoms with Gasteiger partial charge in [0.25, 0.3) is 0 Å². The summed E-state index contributed by atoms with van der Waals surface area (Å²) in [5, 5.41) is 30.5. The van der Waals surface area contributed by atoms with Crippen molar-refractivity contribution in [3.05, 3.63) is 127 Å². The molecule has 0 saturated heterocycles. The molecule has 7 nitrogen and oxygen atoms in total. The number of azo groups is 3. The molecule has 0 amide bonds. The van der Waals surface area contributed by atoms with Crippen LogP contribution < -0.4 is 5.73 Å². The number of nitrogen functional groups attached to an aromatic ring is 1. The quantitative estimate of drug-likeness (QED) is 0.172. The van der Waals surface area contributed by atoms with E-state index in [1.807, 2.05) is 128 Å². The summed E-state index contributed by atoms with van der Waals surface area (Å²) in [6.45, 7) is 2.04. The number of rotatable bonds is 6. The second kappa shape index (κ2) is 11.0. The molecular formula is C33H25N7. The molecule has 0 fully saturated rings. The number of benzene rings is 6.